The molecular formula is C24H38F3N3O. The number of hydrogen-bond donors (Lipinski definition) is 1. The molecule has 1 atom stereocenters. The molecule has 176 valence electrons. The number of pyridine rings is 1. The van der Waals surface area contributed by atoms with Gasteiger partial charge in [0.25, 0.3) is 0 Å². The van der Waals surface area contributed by atoms with Crippen LogP contribution in [-0.2, 0) is 11.0 Å². The number of anilines is 1. The summed E-state index contributed by atoms with van der Waals surface area (Å²) in [4.78, 5) is 18.4. The van der Waals surface area contributed by atoms with Crippen LogP contribution in [0.5, 0.6) is 0 Å². The summed E-state index contributed by atoms with van der Waals surface area (Å²) >= 11 is 0. The smallest absolute Gasteiger partial charge is 0.356 e. The van der Waals surface area contributed by atoms with Crippen molar-refractivity contribution >= 4 is 11.7 Å². The van der Waals surface area contributed by atoms with E-state index in [1.165, 1.54) is 57.4 Å². The standard InChI is InChI=1S/C24H38F3N3O/c1-2-3-4-5-6-7-8-9-10-11-16-28-23(31)20-13-12-17-30(19-20)22-15-14-21(18-29-22)24(25,26)27/h14-15,18,20H,2-13,16-17,19H2,1H3,(H,28,31). The van der Waals surface area contributed by atoms with Crippen LogP contribution in [-0.4, -0.2) is 30.5 Å². The molecule has 0 saturated carbocycles. The van der Waals surface area contributed by atoms with Crippen LogP contribution in [0.3, 0.4) is 0 Å². The molecule has 7 heteroatoms. The maximum atomic E-state index is 12.7. The summed E-state index contributed by atoms with van der Waals surface area (Å²) in [5, 5.41) is 3.04. The van der Waals surface area contributed by atoms with Crippen molar-refractivity contribution in [3.05, 3.63) is 23.9 Å². The summed E-state index contributed by atoms with van der Waals surface area (Å²) in [6.07, 6.45) is 10.7. The van der Waals surface area contributed by atoms with E-state index in [-0.39, 0.29) is 11.8 Å². The molecule has 4 nitrogen and oxygen atoms in total. The largest absolute Gasteiger partial charge is 0.417 e. The summed E-state index contributed by atoms with van der Waals surface area (Å²) in [5.41, 5.74) is -0.751. The number of carbonyl (C=O) groups excluding carboxylic acids is 1. The summed E-state index contributed by atoms with van der Waals surface area (Å²) in [6, 6.07) is 2.45. The van der Waals surface area contributed by atoms with E-state index in [1.807, 2.05) is 4.90 Å². The van der Waals surface area contributed by atoms with Gasteiger partial charge in [-0.25, -0.2) is 4.98 Å². The fraction of sp³-hybridized carbons (Fsp3) is 0.750. The molecule has 1 amide bonds. The van der Waals surface area contributed by atoms with Gasteiger partial charge >= 0.3 is 6.18 Å². The Morgan fingerprint density at radius 1 is 1.06 bits per heavy atom. The molecule has 1 aliphatic heterocycles. The summed E-state index contributed by atoms with van der Waals surface area (Å²) in [5.74, 6) is 0.411. The molecule has 1 fully saturated rings. The molecular weight excluding hydrogens is 403 g/mol. The molecule has 2 rings (SSSR count). The molecule has 0 radical (unpaired) electrons. The zero-order chi connectivity index (χ0) is 22.5. The number of hydrogen-bond acceptors (Lipinski definition) is 3. The highest BCUT2D eigenvalue weighted by atomic mass is 19.4. The van der Waals surface area contributed by atoms with Crippen molar-refractivity contribution in [1.29, 1.82) is 0 Å². The van der Waals surface area contributed by atoms with Gasteiger partial charge in [0.15, 0.2) is 0 Å². The zero-order valence-corrected chi connectivity index (χ0v) is 18.9. The average molecular weight is 442 g/mol. The van der Waals surface area contributed by atoms with Crippen molar-refractivity contribution in [2.45, 2.75) is 90.1 Å². The highest BCUT2D eigenvalue weighted by Gasteiger charge is 2.31. The van der Waals surface area contributed by atoms with E-state index in [1.54, 1.807) is 0 Å². The van der Waals surface area contributed by atoms with E-state index < -0.39 is 11.7 Å². The number of piperidine rings is 1. The summed E-state index contributed by atoms with van der Waals surface area (Å²) in [7, 11) is 0. The predicted molar refractivity (Wildman–Crippen MR) is 119 cm³/mol. The van der Waals surface area contributed by atoms with E-state index >= 15 is 0 Å². The monoisotopic (exact) mass is 441 g/mol. The number of aromatic nitrogens is 1. The minimum absolute atomic E-state index is 0.0486. The van der Waals surface area contributed by atoms with Crippen molar-refractivity contribution < 1.29 is 18.0 Å². The molecule has 31 heavy (non-hydrogen) atoms. The minimum Gasteiger partial charge on any atom is -0.356 e. The number of carbonyl (C=O) groups is 1. The number of halogens is 3. The normalized spacial score (nSPS) is 17.0. The summed E-state index contributed by atoms with van der Waals surface area (Å²) < 4.78 is 38.1. The van der Waals surface area contributed by atoms with Crippen LogP contribution in [0.4, 0.5) is 19.0 Å². The van der Waals surface area contributed by atoms with Crippen LogP contribution in [0.1, 0.15) is 89.5 Å². The summed E-state index contributed by atoms with van der Waals surface area (Å²) in [6.45, 7) is 4.15. The lowest BCUT2D eigenvalue weighted by atomic mass is 9.97. The molecule has 0 bridgehead atoms. The third-order valence-electron chi connectivity index (χ3n) is 6.02. The first-order valence-electron chi connectivity index (χ1n) is 12.0. The van der Waals surface area contributed by atoms with Gasteiger partial charge in [0.2, 0.25) is 5.91 Å². The van der Waals surface area contributed by atoms with Crippen molar-refractivity contribution in [3.8, 4) is 0 Å². The molecule has 1 saturated heterocycles. The first-order valence-corrected chi connectivity index (χ1v) is 12.0. The number of nitrogens with one attached hydrogen (secondary N) is 1. The van der Waals surface area contributed by atoms with Gasteiger partial charge in [0.05, 0.1) is 11.5 Å². The number of rotatable bonds is 13. The lowest BCUT2D eigenvalue weighted by Crippen LogP contribution is -2.43. The van der Waals surface area contributed by atoms with E-state index in [9.17, 15) is 18.0 Å². The third-order valence-corrected chi connectivity index (χ3v) is 6.02. The highest BCUT2D eigenvalue weighted by molar-refractivity contribution is 5.79. The molecule has 1 aliphatic rings. The minimum atomic E-state index is -4.38. The Labute approximate surface area is 185 Å². The van der Waals surface area contributed by atoms with Gasteiger partial charge in [-0.05, 0) is 31.4 Å². The Bertz CT molecular complexity index is 634. The maximum absolute atomic E-state index is 12.7. The Morgan fingerprint density at radius 2 is 1.71 bits per heavy atom. The van der Waals surface area contributed by atoms with E-state index in [4.69, 9.17) is 0 Å². The number of amides is 1. The quantitative estimate of drug-likeness (QED) is 0.363. The van der Waals surface area contributed by atoms with Crippen LogP contribution < -0.4 is 10.2 Å². The van der Waals surface area contributed by atoms with Crippen molar-refractivity contribution in [2.24, 2.45) is 5.92 Å². The average Bonchev–Trinajstić information content (AvgIpc) is 2.77. The number of nitrogens with zero attached hydrogens (tertiary/aromatic N) is 2. The number of unbranched alkanes of at least 4 members (excludes halogenated alkanes) is 9. The van der Waals surface area contributed by atoms with Crippen LogP contribution in [0.15, 0.2) is 18.3 Å². The number of alkyl halides is 3. The van der Waals surface area contributed by atoms with Gasteiger partial charge in [0.1, 0.15) is 5.82 Å². The second-order valence-corrected chi connectivity index (χ2v) is 8.66. The highest BCUT2D eigenvalue weighted by Crippen LogP contribution is 2.30. The Kier molecular flexibility index (Phi) is 11.2. The first-order chi connectivity index (χ1) is 14.9. The van der Waals surface area contributed by atoms with Gasteiger partial charge in [-0.3, -0.25) is 4.79 Å². The van der Waals surface area contributed by atoms with Crippen LogP contribution in [0.25, 0.3) is 0 Å². The van der Waals surface area contributed by atoms with Gasteiger partial charge in [-0.1, -0.05) is 64.7 Å². The second-order valence-electron chi connectivity index (χ2n) is 8.66. The zero-order valence-electron chi connectivity index (χ0n) is 18.9. The predicted octanol–water partition coefficient (Wildman–Crippen LogP) is 6.35. The SMILES string of the molecule is CCCCCCCCCCCCNC(=O)C1CCCN(c2ccc(C(F)(F)F)cn2)C1. The molecule has 1 unspecified atom stereocenters. The van der Waals surface area contributed by atoms with Crippen LogP contribution in [0, 0.1) is 5.92 Å². The van der Waals surface area contributed by atoms with E-state index in [0.717, 1.165) is 37.9 Å². The lowest BCUT2D eigenvalue weighted by molar-refractivity contribution is -0.137. The van der Waals surface area contributed by atoms with E-state index in [0.29, 0.717) is 25.5 Å². The molecule has 1 N–H and O–H groups in total. The first kappa shape index (κ1) is 25.5. The molecule has 1 aromatic rings. The fourth-order valence-electron chi connectivity index (χ4n) is 4.11. The Hall–Kier alpha value is -1.79. The maximum Gasteiger partial charge on any atom is 0.417 e. The molecule has 0 spiro atoms. The van der Waals surface area contributed by atoms with Gasteiger partial charge in [0, 0.05) is 25.8 Å². The molecule has 0 aromatic carbocycles. The Balaban J connectivity index is 1.61. The van der Waals surface area contributed by atoms with Gasteiger partial charge in [-0.15, -0.1) is 0 Å². The molecule has 1 aromatic heterocycles. The van der Waals surface area contributed by atoms with Gasteiger partial charge in [-0.2, -0.15) is 13.2 Å². The van der Waals surface area contributed by atoms with Crippen LogP contribution in [0.2, 0.25) is 0 Å². The topological polar surface area (TPSA) is 45.2 Å². The Morgan fingerprint density at radius 3 is 2.29 bits per heavy atom. The van der Waals surface area contributed by atoms with Crippen molar-refractivity contribution in [2.75, 3.05) is 24.5 Å². The second kappa shape index (κ2) is 13.6. The lowest BCUT2D eigenvalue weighted by Gasteiger charge is -2.33. The fourth-order valence-corrected chi connectivity index (χ4v) is 4.11. The van der Waals surface area contributed by atoms with Crippen molar-refractivity contribution in [3.63, 3.8) is 0 Å². The molecule has 0 aliphatic carbocycles. The van der Waals surface area contributed by atoms with Crippen LogP contribution >= 0.6 is 0 Å². The van der Waals surface area contributed by atoms with Crippen molar-refractivity contribution in [1.82, 2.24) is 10.3 Å². The van der Waals surface area contributed by atoms with Gasteiger partial charge < -0.3 is 10.2 Å². The third kappa shape index (κ3) is 9.48. The molecule has 2 heterocycles. The van der Waals surface area contributed by atoms with E-state index in [2.05, 4.69) is 17.2 Å².